The Labute approximate surface area is 190 Å². The second-order valence-electron chi connectivity index (χ2n) is 6.98. The van der Waals surface area contributed by atoms with Gasteiger partial charge in [0.15, 0.2) is 10.7 Å². The van der Waals surface area contributed by atoms with Crippen LogP contribution in [0.3, 0.4) is 0 Å². The third-order valence-corrected chi connectivity index (χ3v) is 6.05. The van der Waals surface area contributed by atoms with Crippen molar-refractivity contribution in [3.8, 4) is 0 Å². The Morgan fingerprint density at radius 1 is 1.28 bits per heavy atom. The first-order valence-electron chi connectivity index (χ1n) is 9.66. The Hall–Kier alpha value is -3.50. The number of halogens is 1. The van der Waals surface area contributed by atoms with Crippen molar-refractivity contribution in [3.05, 3.63) is 84.8 Å². The van der Waals surface area contributed by atoms with Crippen LogP contribution in [0.15, 0.2) is 57.9 Å². The molecule has 0 atom stereocenters. The molecular formula is C21H17ClN4O5S. The second kappa shape index (κ2) is 9.33. The van der Waals surface area contributed by atoms with Crippen LogP contribution in [0.4, 0.5) is 10.8 Å². The van der Waals surface area contributed by atoms with Crippen LogP contribution in [-0.2, 0) is 17.8 Å². The van der Waals surface area contributed by atoms with Gasteiger partial charge in [-0.15, -0.1) is 11.3 Å². The highest BCUT2D eigenvalue weighted by Gasteiger charge is 2.15. The standard InChI is InChI=1S/C21H17ClN4O5S/c22-16-5-2-1-4-13(16)10-15-12-23-20(32-15)24-19(27)6-3-9-25-17-8-7-14(26(29)30)11-18(17)31-21(25)28/h1-2,4-5,7-8,11-12H,3,6,9-10H2,(H,23,24,27). The SMILES string of the molecule is O=C(CCCn1c(=O)oc2cc([N+](=O)[O-])ccc21)Nc1ncc(Cc2ccccc2Cl)s1. The first kappa shape index (κ1) is 21.7. The summed E-state index contributed by atoms with van der Waals surface area (Å²) in [7, 11) is 0. The highest BCUT2D eigenvalue weighted by atomic mass is 35.5. The van der Waals surface area contributed by atoms with Crippen LogP contribution in [0.25, 0.3) is 11.1 Å². The number of hydrogen-bond donors (Lipinski definition) is 1. The van der Waals surface area contributed by atoms with Gasteiger partial charge < -0.3 is 9.73 Å². The molecule has 1 amide bonds. The molecule has 0 aliphatic heterocycles. The van der Waals surface area contributed by atoms with Gasteiger partial charge in [-0.25, -0.2) is 9.78 Å². The van der Waals surface area contributed by atoms with E-state index in [1.54, 1.807) is 6.20 Å². The molecule has 0 radical (unpaired) electrons. The number of anilines is 1. The molecule has 0 aliphatic rings. The van der Waals surface area contributed by atoms with Crippen LogP contribution >= 0.6 is 22.9 Å². The average molecular weight is 473 g/mol. The minimum Gasteiger partial charge on any atom is -0.407 e. The molecule has 4 aromatic rings. The summed E-state index contributed by atoms with van der Waals surface area (Å²) in [6, 6.07) is 11.5. The molecule has 2 heterocycles. The van der Waals surface area contributed by atoms with Gasteiger partial charge in [0.1, 0.15) is 0 Å². The Morgan fingerprint density at radius 3 is 2.88 bits per heavy atom. The third kappa shape index (κ3) is 4.87. The molecular weight excluding hydrogens is 456 g/mol. The van der Waals surface area contributed by atoms with Gasteiger partial charge in [-0.3, -0.25) is 19.5 Å². The number of nitrogens with one attached hydrogen (secondary N) is 1. The molecule has 2 aromatic carbocycles. The molecule has 9 nitrogen and oxygen atoms in total. The number of nitrogens with zero attached hydrogens (tertiary/aromatic N) is 3. The average Bonchev–Trinajstić information content (AvgIpc) is 3.32. The highest BCUT2D eigenvalue weighted by molar-refractivity contribution is 7.15. The number of thiazole rings is 1. The van der Waals surface area contributed by atoms with E-state index in [0.29, 0.717) is 28.5 Å². The van der Waals surface area contributed by atoms with E-state index in [1.165, 1.54) is 34.1 Å². The van der Waals surface area contributed by atoms with E-state index in [0.717, 1.165) is 10.4 Å². The Morgan fingerprint density at radius 2 is 2.09 bits per heavy atom. The molecule has 0 saturated heterocycles. The smallest absolute Gasteiger partial charge is 0.407 e. The monoisotopic (exact) mass is 472 g/mol. The molecule has 0 unspecified atom stereocenters. The van der Waals surface area contributed by atoms with Crippen molar-refractivity contribution in [1.29, 1.82) is 0 Å². The third-order valence-electron chi connectivity index (χ3n) is 4.77. The summed E-state index contributed by atoms with van der Waals surface area (Å²) in [5.74, 6) is -0.842. The predicted octanol–water partition coefficient (Wildman–Crippen LogP) is 4.62. The van der Waals surface area contributed by atoms with Crippen molar-refractivity contribution in [2.75, 3.05) is 5.32 Å². The molecule has 1 N–H and O–H groups in total. The van der Waals surface area contributed by atoms with Crippen LogP contribution < -0.4 is 11.1 Å². The first-order valence-corrected chi connectivity index (χ1v) is 10.9. The molecule has 11 heteroatoms. The number of non-ortho nitro benzene ring substituents is 1. The van der Waals surface area contributed by atoms with E-state index >= 15 is 0 Å². The van der Waals surface area contributed by atoms with Gasteiger partial charge in [-0.05, 0) is 24.1 Å². The van der Waals surface area contributed by atoms with Crippen molar-refractivity contribution in [2.45, 2.75) is 25.8 Å². The topological polar surface area (TPSA) is 120 Å². The van der Waals surface area contributed by atoms with Crippen molar-refractivity contribution in [1.82, 2.24) is 9.55 Å². The maximum Gasteiger partial charge on any atom is 0.419 e. The number of carbonyl (C=O) groups is 1. The van der Waals surface area contributed by atoms with Gasteiger partial charge in [0.05, 0.1) is 16.5 Å². The summed E-state index contributed by atoms with van der Waals surface area (Å²) in [6.07, 6.45) is 2.89. The summed E-state index contributed by atoms with van der Waals surface area (Å²) in [5.41, 5.74) is 1.42. The van der Waals surface area contributed by atoms with E-state index in [2.05, 4.69) is 10.3 Å². The second-order valence-corrected chi connectivity index (χ2v) is 8.50. The highest BCUT2D eigenvalue weighted by Crippen LogP contribution is 2.25. The summed E-state index contributed by atoms with van der Waals surface area (Å²) in [6.45, 7) is 0.243. The molecule has 0 fully saturated rings. The number of carbonyl (C=O) groups excluding carboxylic acids is 1. The molecule has 0 bridgehead atoms. The number of hydrogen-bond acceptors (Lipinski definition) is 7. The fraction of sp³-hybridized carbons (Fsp3) is 0.190. The zero-order chi connectivity index (χ0) is 22.7. The molecule has 0 spiro atoms. The number of fused-ring (bicyclic) bond motifs is 1. The van der Waals surface area contributed by atoms with Crippen LogP contribution in [-0.4, -0.2) is 20.4 Å². The fourth-order valence-electron chi connectivity index (χ4n) is 3.24. The van der Waals surface area contributed by atoms with Gasteiger partial charge in [0, 0.05) is 41.5 Å². The minimum absolute atomic E-state index is 0.141. The maximum atomic E-state index is 12.3. The Balaban J connectivity index is 1.33. The van der Waals surface area contributed by atoms with Gasteiger partial charge >= 0.3 is 5.76 Å². The number of amides is 1. The number of oxazole rings is 1. The van der Waals surface area contributed by atoms with Crippen molar-refractivity contribution < 1.29 is 14.1 Å². The zero-order valence-corrected chi connectivity index (χ0v) is 18.2. The van der Waals surface area contributed by atoms with Crippen LogP contribution in [0.1, 0.15) is 23.3 Å². The Bertz CT molecular complexity index is 1360. The number of rotatable bonds is 8. The van der Waals surface area contributed by atoms with Gasteiger partial charge in [-0.2, -0.15) is 0 Å². The van der Waals surface area contributed by atoms with Crippen LogP contribution in [0, 0.1) is 10.1 Å². The van der Waals surface area contributed by atoms with Crippen molar-refractivity contribution in [2.24, 2.45) is 0 Å². The van der Waals surface area contributed by atoms with Crippen LogP contribution in [0.5, 0.6) is 0 Å². The summed E-state index contributed by atoms with van der Waals surface area (Å²) >= 11 is 7.56. The Kier molecular flexibility index (Phi) is 6.33. The van der Waals surface area contributed by atoms with Crippen molar-refractivity contribution >= 4 is 50.8 Å². The van der Waals surface area contributed by atoms with E-state index < -0.39 is 10.7 Å². The number of benzene rings is 2. The molecule has 0 saturated carbocycles. The summed E-state index contributed by atoms with van der Waals surface area (Å²) in [4.78, 5) is 39.9. The zero-order valence-electron chi connectivity index (χ0n) is 16.6. The molecule has 0 aliphatic carbocycles. The number of aromatic nitrogens is 2. The fourth-order valence-corrected chi connectivity index (χ4v) is 4.29. The molecule has 164 valence electrons. The van der Waals surface area contributed by atoms with Gasteiger partial charge in [0.2, 0.25) is 5.91 Å². The quantitative estimate of drug-likeness (QED) is 0.295. The minimum atomic E-state index is -0.620. The lowest BCUT2D eigenvalue weighted by Crippen LogP contribution is -2.17. The van der Waals surface area contributed by atoms with E-state index in [-0.39, 0.29) is 30.1 Å². The van der Waals surface area contributed by atoms with E-state index in [4.69, 9.17) is 16.0 Å². The maximum absolute atomic E-state index is 12.3. The van der Waals surface area contributed by atoms with E-state index in [1.807, 2.05) is 24.3 Å². The summed E-state index contributed by atoms with van der Waals surface area (Å²) < 4.78 is 6.45. The number of aryl methyl sites for hydroxylation is 1. The lowest BCUT2D eigenvalue weighted by molar-refractivity contribution is -0.384. The van der Waals surface area contributed by atoms with Crippen molar-refractivity contribution in [3.63, 3.8) is 0 Å². The van der Waals surface area contributed by atoms with Gasteiger partial charge in [0.25, 0.3) is 5.69 Å². The molecule has 2 aromatic heterocycles. The van der Waals surface area contributed by atoms with E-state index in [9.17, 15) is 19.7 Å². The summed E-state index contributed by atoms with van der Waals surface area (Å²) in [5, 5.41) is 14.8. The number of nitro benzene ring substituents is 1. The van der Waals surface area contributed by atoms with Crippen LogP contribution in [0.2, 0.25) is 5.02 Å². The molecule has 32 heavy (non-hydrogen) atoms. The predicted molar refractivity (Wildman–Crippen MR) is 121 cm³/mol. The lowest BCUT2D eigenvalue weighted by atomic mass is 10.1. The number of nitro groups is 1. The first-order chi connectivity index (χ1) is 15.4. The lowest BCUT2D eigenvalue weighted by Gasteiger charge is -2.03. The normalized spacial score (nSPS) is 11.0. The largest absolute Gasteiger partial charge is 0.419 e. The van der Waals surface area contributed by atoms with Gasteiger partial charge in [-0.1, -0.05) is 29.8 Å². The molecule has 4 rings (SSSR count).